The third-order valence-corrected chi connectivity index (χ3v) is 4.15. The summed E-state index contributed by atoms with van der Waals surface area (Å²) in [5, 5.41) is 0.417. The highest BCUT2D eigenvalue weighted by Gasteiger charge is 2.25. The van der Waals surface area contributed by atoms with E-state index in [4.69, 9.17) is 21.1 Å². The van der Waals surface area contributed by atoms with Crippen molar-refractivity contribution in [2.24, 2.45) is 0 Å². The number of amides is 1. The van der Waals surface area contributed by atoms with Gasteiger partial charge >= 0.3 is 0 Å². The fourth-order valence-corrected chi connectivity index (χ4v) is 2.96. The Morgan fingerprint density at radius 3 is 2.83 bits per heavy atom. The zero-order chi connectivity index (χ0) is 17.1. The van der Waals surface area contributed by atoms with E-state index in [2.05, 4.69) is 0 Å². The Labute approximate surface area is 146 Å². The lowest BCUT2D eigenvalue weighted by Crippen LogP contribution is -2.38. The van der Waals surface area contributed by atoms with Crippen LogP contribution in [0.5, 0.6) is 11.5 Å². The van der Waals surface area contributed by atoms with Crippen molar-refractivity contribution in [2.45, 2.75) is 6.92 Å². The van der Waals surface area contributed by atoms with Gasteiger partial charge in [-0.15, -0.1) is 0 Å². The van der Waals surface area contributed by atoms with E-state index >= 15 is 0 Å². The Bertz CT molecular complexity index is 801. The van der Waals surface area contributed by atoms with Crippen molar-refractivity contribution >= 4 is 29.3 Å². The molecular formula is C19H18ClNO3. The summed E-state index contributed by atoms with van der Waals surface area (Å²) < 4.78 is 10.8. The lowest BCUT2D eigenvalue weighted by Gasteiger charge is -2.30. The summed E-state index contributed by atoms with van der Waals surface area (Å²) in [6.07, 6.45) is 3.96. The first-order valence-corrected chi connectivity index (χ1v) is 8.07. The molecule has 2 aromatic rings. The van der Waals surface area contributed by atoms with Crippen LogP contribution in [0.25, 0.3) is 6.08 Å². The molecule has 1 heterocycles. The first-order valence-electron chi connectivity index (χ1n) is 7.69. The van der Waals surface area contributed by atoms with Crippen LogP contribution in [0.3, 0.4) is 0 Å². The van der Waals surface area contributed by atoms with Crippen LogP contribution < -0.4 is 14.4 Å². The summed E-state index contributed by atoms with van der Waals surface area (Å²) in [7, 11) is 1.54. The highest BCUT2D eigenvalue weighted by atomic mass is 35.5. The number of benzene rings is 2. The van der Waals surface area contributed by atoms with Gasteiger partial charge < -0.3 is 14.4 Å². The quantitative estimate of drug-likeness (QED) is 0.828. The fraction of sp³-hybridized carbons (Fsp3) is 0.211. The van der Waals surface area contributed by atoms with Gasteiger partial charge in [-0.3, -0.25) is 4.79 Å². The van der Waals surface area contributed by atoms with Crippen LogP contribution in [-0.4, -0.2) is 26.2 Å². The monoisotopic (exact) mass is 343 g/mol. The van der Waals surface area contributed by atoms with Crippen LogP contribution in [0.2, 0.25) is 5.02 Å². The third-order valence-electron chi connectivity index (χ3n) is 3.85. The standard InChI is InChI=1S/C19H18ClNO3/c1-3-4-13-5-7-16-18(11-13)24-10-9-21(16)19(22)14-6-8-17(23-2)15(20)12-14/h3-8,11-12H,9-10H2,1-2H3. The summed E-state index contributed by atoms with van der Waals surface area (Å²) in [4.78, 5) is 14.6. The Morgan fingerprint density at radius 1 is 1.29 bits per heavy atom. The minimum absolute atomic E-state index is 0.108. The fourth-order valence-electron chi connectivity index (χ4n) is 2.70. The maximum absolute atomic E-state index is 12.9. The van der Waals surface area contributed by atoms with Crippen molar-refractivity contribution in [3.63, 3.8) is 0 Å². The number of nitrogens with zero attached hydrogens (tertiary/aromatic N) is 1. The van der Waals surface area contributed by atoms with Crippen LogP contribution in [0.15, 0.2) is 42.5 Å². The predicted octanol–water partition coefficient (Wildman–Crippen LogP) is 4.42. The molecule has 2 aromatic carbocycles. The molecule has 0 aromatic heterocycles. The number of halogens is 1. The van der Waals surface area contributed by atoms with Crippen molar-refractivity contribution in [3.8, 4) is 11.5 Å². The van der Waals surface area contributed by atoms with E-state index < -0.39 is 0 Å². The smallest absolute Gasteiger partial charge is 0.258 e. The molecule has 0 radical (unpaired) electrons. The Kier molecular flexibility index (Phi) is 4.76. The summed E-state index contributed by atoms with van der Waals surface area (Å²) in [6.45, 7) is 2.92. The van der Waals surface area contributed by atoms with E-state index in [1.54, 1.807) is 30.2 Å². The number of allylic oxidation sites excluding steroid dienone is 1. The number of methoxy groups -OCH3 is 1. The predicted molar refractivity (Wildman–Crippen MR) is 96.3 cm³/mol. The molecule has 3 rings (SSSR count). The maximum Gasteiger partial charge on any atom is 0.258 e. The first-order chi connectivity index (χ1) is 11.6. The number of hydrogen-bond donors (Lipinski definition) is 0. The minimum Gasteiger partial charge on any atom is -0.495 e. The lowest BCUT2D eigenvalue weighted by atomic mass is 10.1. The Hall–Kier alpha value is -2.46. The molecule has 0 saturated heterocycles. The maximum atomic E-state index is 12.9. The molecule has 0 bridgehead atoms. The molecule has 1 aliphatic heterocycles. The van der Waals surface area contributed by atoms with Crippen LogP contribution in [0, 0.1) is 0 Å². The number of ether oxygens (including phenoxy) is 2. The van der Waals surface area contributed by atoms with E-state index in [-0.39, 0.29) is 5.91 Å². The molecule has 0 unspecified atom stereocenters. The zero-order valence-corrected chi connectivity index (χ0v) is 14.3. The SMILES string of the molecule is CC=Cc1ccc2c(c1)OCCN2C(=O)c1ccc(OC)c(Cl)c1. The van der Waals surface area contributed by atoms with Gasteiger partial charge in [-0.1, -0.05) is 29.8 Å². The largest absolute Gasteiger partial charge is 0.495 e. The Morgan fingerprint density at radius 2 is 2.12 bits per heavy atom. The second-order valence-corrected chi connectivity index (χ2v) is 5.79. The highest BCUT2D eigenvalue weighted by molar-refractivity contribution is 6.32. The lowest BCUT2D eigenvalue weighted by molar-refractivity contribution is 0.0976. The molecule has 4 nitrogen and oxygen atoms in total. The molecular weight excluding hydrogens is 326 g/mol. The van der Waals surface area contributed by atoms with Crippen LogP contribution in [0.4, 0.5) is 5.69 Å². The van der Waals surface area contributed by atoms with E-state index in [1.807, 2.05) is 37.3 Å². The van der Waals surface area contributed by atoms with Gasteiger partial charge in [-0.2, -0.15) is 0 Å². The molecule has 1 amide bonds. The number of carbonyl (C=O) groups excluding carboxylic acids is 1. The van der Waals surface area contributed by atoms with Gasteiger partial charge in [0.05, 0.1) is 24.4 Å². The van der Waals surface area contributed by atoms with Crippen LogP contribution in [-0.2, 0) is 0 Å². The summed E-state index contributed by atoms with van der Waals surface area (Å²) in [6, 6.07) is 10.9. The van der Waals surface area contributed by atoms with Crippen molar-refractivity contribution in [3.05, 3.63) is 58.6 Å². The second kappa shape index (κ2) is 6.97. The summed E-state index contributed by atoms with van der Waals surface area (Å²) >= 11 is 6.14. The molecule has 0 spiro atoms. The highest BCUT2D eigenvalue weighted by Crippen LogP contribution is 2.34. The molecule has 0 fully saturated rings. The Balaban J connectivity index is 1.94. The average molecular weight is 344 g/mol. The van der Waals surface area contributed by atoms with E-state index in [9.17, 15) is 4.79 Å². The van der Waals surface area contributed by atoms with Crippen molar-refractivity contribution < 1.29 is 14.3 Å². The molecule has 124 valence electrons. The van der Waals surface area contributed by atoms with Gasteiger partial charge in [0, 0.05) is 5.56 Å². The number of carbonyl (C=O) groups is 1. The van der Waals surface area contributed by atoms with Crippen molar-refractivity contribution in [1.82, 2.24) is 0 Å². The first kappa shape index (κ1) is 16.4. The number of fused-ring (bicyclic) bond motifs is 1. The molecule has 0 aliphatic carbocycles. The third kappa shape index (κ3) is 3.10. The molecule has 0 N–H and O–H groups in total. The minimum atomic E-state index is -0.108. The molecule has 1 aliphatic rings. The van der Waals surface area contributed by atoms with E-state index in [0.717, 1.165) is 11.3 Å². The normalized spacial score (nSPS) is 13.5. The molecule has 5 heteroatoms. The van der Waals surface area contributed by atoms with Gasteiger partial charge in [-0.05, 0) is 42.8 Å². The van der Waals surface area contributed by atoms with Crippen molar-refractivity contribution in [1.29, 1.82) is 0 Å². The number of anilines is 1. The second-order valence-electron chi connectivity index (χ2n) is 5.38. The van der Waals surface area contributed by atoms with Gasteiger partial charge in [0.1, 0.15) is 18.1 Å². The summed E-state index contributed by atoms with van der Waals surface area (Å²) in [5.41, 5.74) is 2.33. The molecule has 0 saturated carbocycles. The topological polar surface area (TPSA) is 38.8 Å². The molecule has 0 atom stereocenters. The van der Waals surface area contributed by atoms with E-state index in [1.165, 1.54) is 0 Å². The summed E-state index contributed by atoms with van der Waals surface area (Å²) in [5.74, 6) is 1.15. The van der Waals surface area contributed by atoms with Crippen LogP contribution >= 0.6 is 11.6 Å². The zero-order valence-electron chi connectivity index (χ0n) is 13.6. The van der Waals surface area contributed by atoms with E-state index in [0.29, 0.717) is 35.2 Å². The molecule has 24 heavy (non-hydrogen) atoms. The van der Waals surface area contributed by atoms with Gasteiger partial charge in [-0.25, -0.2) is 0 Å². The van der Waals surface area contributed by atoms with Crippen molar-refractivity contribution in [2.75, 3.05) is 25.2 Å². The number of rotatable bonds is 3. The van der Waals surface area contributed by atoms with Gasteiger partial charge in [0.25, 0.3) is 5.91 Å². The van der Waals surface area contributed by atoms with Gasteiger partial charge in [0.2, 0.25) is 0 Å². The average Bonchev–Trinajstić information content (AvgIpc) is 2.60. The van der Waals surface area contributed by atoms with Crippen LogP contribution in [0.1, 0.15) is 22.8 Å². The number of hydrogen-bond acceptors (Lipinski definition) is 3. The van der Waals surface area contributed by atoms with Gasteiger partial charge in [0.15, 0.2) is 0 Å².